The molecule has 0 aliphatic heterocycles. The zero-order chi connectivity index (χ0) is 22.9. The smallest absolute Gasteiger partial charge is 0.266 e. The average molecular weight is 444 g/mol. The Hall–Kier alpha value is -4.26. The highest BCUT2D eigenvalue weighted by Gasteiger charge is 2.13. The number of nitrogens with one attached hydrogen (secondary N) is 1. The molecule has 0 bridgehead atoms. The van der Waals surface area contributed by atoms with Crippen molar-refractivity contribution < 1.29 is 14.3 Å². The van der Waals surface area contributed by atoms with E-state index in [1.807, 2.05) is 18.2 Å². The number of carbonyl (C=O) groups is 1. The van der Waals surface area contributed by atoms with E-state index in [4.69, 9.17) is 26.3 Å². The van der Waals surface area contributed by atoms with Gasteiger partial charge in [0.1, 0.15) is 29.7 Å². The van der Waals surface area contributed by atoms with E-state index in [1.165, 1.54) is 13.2 Å². The minimum Gasteiger partial charge on any atom is -0.495 e. The van der Waals surface area contributed by atoms with Crippen LogP contribution in [0.4, 0.5) is 5.69 Å². The molecule has 3 aromatic rings. The third kappa shape index (κ3) is 5.66. The molecule has 158 valence electrons. The Kier molecular flexibility index (Phi) is 7.48. The molecule has 1 amide bonds. The van der Waals surface area contributed by atoms with Gasteiger partial charge in [-0.1, -0.05) is 41.9 Å². The highest BCUT2D eigenvalue weighted by molar-refractivity contribution is 6.31. The molecule has 1 N–H and O–H groups in total. The molecule has 0 spiro atoms. The summed E-state index contributed by atoms with van der Waals surface area (Å²) in [5.74, 6) is 0.447. The van der Waals surface area contributed by atoms with Gasteiger partial charge in [0, 0.05) is 10.6 Å². The average Bonchev–Trinajstić information content (AvgIpc) is 2.82. The molecule has 0 saturated carbocycles. The van der Waals surface area contributed by atoms with Gasteiger partial charge in [-0.15, -0.1) is 0 Å². The third-order valence-corrected chi connectivity index (χ3v) is 4.73. The summed E-state index contributed by atoms with van der Waals surface area (Å²) in [6.07, 6.45) is 1.47. The summed E-state index contributed by atoms with van der Waals surface area (Å²) in [5.41, 5.74) is 2.29. The number of methoxy groups -OCH3 is 1. The van der Waals surface area contributed by atoms with Crippen LogP contribution in [0, 0.1) is 22.7 Å². The van der Waals surface area contributed by atoms with Crippen molar-refractivity contribution >= 4 is 29.3 Å². The summed E-state index contributed by atoms with van der Waals surface area (Å²) in [6, 6.07) is 23.0. The molecule has 32 heavy (non-hydrogen) atoms. The first-order valence-corrected chi connectivity index (χ1v) is 9.89. The van der Waals surface area contributed by atoms with Crippen LogP contribution in [0.1, 0.15) is 16.7 Å². The lowest BCUT2D eigenvalue weighted by molar-refractivity contribution is -0.112. The Morgan fingerprint density at radius 1 is 1.09 bits per heavy atom. The van der Waals surface area contributed by atoms with Crippen LogP contribution in [-0.2, 0) is 11.4 Å². The maximum Gasteiger partial charge on any atom is 0.266 e. The predicted molar refractivity (Wildman–Crippen MR) is 122 cm³/mol. The molecule has 0 radical (unpaired) electrons. The van der Waals surface area contributed by atoms with Gasteiger partial charge < -0.3 is 14.8 Å². The minimum atomic E-state index is -0.582. The Balaban J connectivity index is 1.70. The standard InChI is InChI=1S/C25H18ClN3O3/c1-31-24-11-8-21(26)13-23(24)29-25(30)20(15-28)12-17-6-9-22(10-7-17)32-16-19-5-3-2-4-18(19)14-27/h2-13H,16H2,1H3,(H,29,30)/b20-12+. The molecule has 0 aliphatic rings. The molecule has 0 heterocycles. The number of anilines is 1. The first-order valence-electron chi connectivity index (χ1n) is 9.51. The van der Waals surface area contributed by atoms with E-state index < -0.39 is 5.91 Å². The second-order valence-corrected chi connectivity index (χ2v) is 7.03. The SMILES string of the molecule is COc1ccc(Cl)cc1NC(=O)/C(C#N)=C/c1ccc(OCc2ccccc2C#N)cc1. The van der Waals surface area contributed by atoms with Crippen LogP contribution in [0.25, 0.3) is 6.08 Å². The normalized spacial score (nSPS) is 10.6. The van der Waals surface area contributed by atoms with Gasteiger partial charge in [-0.05, 0) is 48.0 Å². The summed E-state index contributed by atoms with van der Waals surface area (Å²) in [4.78, 5) is 12.6. The predicted octanol–water partition coefficient (Wildman–Crippen LogP) is 5.34. The van der Waals surface area contributed by atoms with Crippen LogP contribution >= 0.6 is 11.6 Å². The number of nitriles is 2. The van der Waals surface area contributed by atoms with Gasteiger partial charge in [-0.3, -0.25) is 4.79 Å². The van der Waals surface area contributed by atoms with E-state index in [2.05, 4.69) is 11.4 Å². The minimum absolute atomic E-state index is 0.0800. The quantitative estimate of drug-likeness (QED) is 0.392. The second kappa shape index (κ2) is 10.7. The summed E-state index contributed by atoms with van der Waals surface area (Å²) in [5, 5.41) is 21.7. The summed E-state index contributed by atoms with van der Waals surface area (Å²) < 4.78 is 10.9. The first-order chi connectivity index (χ1) is 15.5. The Bertz CT molecular complexity index is 1240. The highest BCUT2D eigenvalue weighted by atomic mass is 35.5. The van der Waals surface area contributed by atoms with E-state index in [0.29, 0.717) is 33.3 Å². The van der Waals surface area contributed by atoms with Gasteiger partial charge >= 0.3 is 0 Å². The number of ether oxygens (including phenoxy) is 2. The zero-order valence-corrected chi connectivity index (χ0v) is 17.9. The van der Waals surface area contributed by atoms with Crippen LogP contribution in [0.3, 0.4) is 0 Å². The van der Waals surface area contributed by atoms with Crippen molar-refractivity contribution in [1.29, 1.82) is 10.5 Å². The van der Waals surface area contributed by atoms with Crippen molar-refractivity contribution in [1.82, 2.24) is 0 Å². The lowest BCUT2D eigenvalue weighted by Gasteiger charge is -2.10. The fourth-order valence-corrected chi connectivity index (χ4v) is 3.03. The number of nitrogens with zero attached hydrogens (tertiary/aromatic N) is 2. The molecule has 0 atom stereocenters. The zero-order valence-electron chi connectivity index (χ0n) is 17.1. The Labute approximate surface area is 190 Å². The van der Waals surface area contributed by atoms with Gasteiger partial charge in [-0.25, -0.2) is 0 Å². The van der Waals surface area contributed by atoms with Gasteiger partial charge in [0.05, 0.1) is 24.4 Å². The van der Waals surface area contributed by atoms with Crippen molar-refractivity contribution in [2.45, 2.75) is 6.61 Å². The topological polar surface area (TPSA) is 95.1 Å². The first kappa shape index (κ1) is 22.4. The monoisotopic (exact) mass is 443 g/mol. The number of carbonyl (C=O) groups excluding carboxylic acids is 1. The van der Waals surface area contributed by atoms with Crippen molar-refractivity contribution in [2.24, 2.45) is 0 Å². The number of benzene rings is 3. The number of amides is 1. The summed E-state index contributed by atoms with van der Waals surface area (Å²) >= 11 is 5.98. The van der Waals surface area contributed by atoms with Crippen LogP contribution in [0.5, 0.6) is 11.5 Å². The van der Waals surface area contributed by atoms with Gasteiger partial charge in [0.15, 0.2) is 0 Å². The summed E-state index contributed by atoms with van der Waals surface area (Å²) in [6.45, 7) is 0.256. The molecule has 7 heteroatoms. The molecular formula is C25H18ClN3O3. The second-order valence-electron chi connectivity index (χ2n) is 6.60. The van der Waals surface area contributed by atoms with Gasteiger partial charge in [0.2, 0.25) is 0 Å². The lowest BCUT2D eigenvalue weighted by atomic mass is 10.1. The molecule has 0 aliphatic carbocycles. The molecule has 3 rings (SSSR count). The molecule has 0 fully saturated rings. The Morgan fingerprint density at radius 2 is 1.84 bits per heavy atom. The number of hydrogen-bond donors (Lipinski definition) is 1. The largest absolute Gasteiger partial charge is 0.495 e. The van der Waals surface area contributed by atoms with Gasteiger partial charge in [-0.2, -0.15) is 10.5 Å². The summed E-state index contributed by atoms with van der Waals surface area (Å²) in [7, 11) is 1.47. The highest BCUT2D eigenvalue weighted by Crippen LogP contribution is 2.28. The molecule has 0 unspecified atom stereocenters. The molecule has 0 saturated heterocycles. The van der Waals surface area contributed by atoms with Crippen LogP contribution in [0.15, 0.2) is 72.3 Å². The van der Waals surface area contributed by atoms with E-state index >= 15 is 0 Å². The molecule has 0 aromatic heterocycles. The lowest BCUT2D eigenvalue weighted by Crippen LogP contribution is -2.14. The van der Waals surface area contributed by atoms with E-state index in [0.717, 1.165) is 5.56 Å². The van der Waals surface area contributed by atoms with E-state index in [9.17, 15) is 10.1 Å². The fraction of sp³-hybridized carbons (Fsp3) is 0.0800. The maximum absolute atomic E-state index is 12.6. The number of rotatable bonds is 7. The van der Waals surface area contributed by atoms with Crippen LogP contribution < -0.4 is 14.8 Å². The van der Waals surface area contributed by atoms with E-state index in [-0.39, 0.29) is 12.2 Å². The van der Waals surface area contributed by atoms with Gasteiger partial charge in [0.25, 0.3) is 5.91 Å². The van der Waals surface area contributed by atoms with Crippen LogP contribution in [0.2, 0.25) is 5.02 Å². The number of halogens is 1. The Morgan fingerprint density at radius 3 is 2.53 bits per heavy atom. The number of hydrogen-bond acceptors (Lipinski definition) is 5. The van der Waals surface area contributed by atoms with E-state index in [1.54, 1.807) is 54.6 Å². The van der Waals surface area contributed by atoms with Crippen molar-refractivity contribution in [3.8, 4) is 23.6 Å². The van der Waals surface area contributed by atoms with Crippen molar-refractivity contribution in [3.63, 3.8) is 0 Å². The fourth-order valence-electron chi connectivity index (χ4n) is 2.86. The van der Waals surface area contributed by atoms with Crippen LogP contribution in [-0.4, -0.2) is 13.0 Å². The maximum atomic E-state index is 12.6. The molecule has 3 aromatic carbocycles. The molecular weight excluding hydrogens is 426 g/mol. The third-order valence-electron chi connectivity index (χ3n) is 4.50. The van der Waals surface area contributed by atoms with Crippen molar-refractivity contribution in [2.75, 3.05) is 12.4 Å². The van der Waals surface area contributed by atoms with Crippen molar-refractivity contribution in [3.05, 3.63) is 94.0 Å². The molecule has 6 nitrogen and oxygen atoms in total.